The molecule has 0 atom stereocenters. The number of nitrogens with zero attached hydrogens (tertiary/aromatic N) is 4. The lowest BCUT2D eigenvalue weighted by molar-refractivity contribution is 0.669. The quantitative estimate of drug-likeness (QED) is 0.198. The fourth-order valence-electron chi connectivity index (χ4n) is 6.93. The first kappa shape index (κ1) is 26.6. The van der Waals surface area contributed by atoms with Gasteiger partial charge in [0.05, 0.1) is 11.0 Å². The summed E-state index contributed by atoms with van der Waals surface area (Å²) in [6.07, 6.45) is 0. The number of benzene rings is 7. The molecule has 0 fully saturated rings. The molecule has 0 radical (unpaired) electrons. The van der Waals surface area contributed by atoms with Crippen LogP contribution in [0.3, 0.4) is 0 Å². The molecule has 3 aromatic heterocycles. The van der Waals surface area contributed by atoms with Crippen LogP contribution in [0.4, 0.5) is 0 Å². The molecule has 0 unspecified atom stereocenters. The third kappa shape index (κ3) is 4.22. The van der Waals surface area contributed by atoms with Crippen molar-refractivity contribution in [3.05, 3.63) is 158 Å². The third-order valence-electron chi connectivity index (χ3n) is 9.21. The predicted octanol–water partition coefficient (Wildman–Crippen LogP) is 11.0. The molecule has 0 N–H and O–H groups in total. The van der Waals surface area contributed by atoms with E-state index in [1.54, 1.807) is 0 Å². The van der Waals surface area contributed by atoms with E-state index >= 15 is 0 Å². The van der Waals surface area contributed by atoms with E-state index in [1.807, 2.05) is 54.6 Å². The van der Waals surface area contributed by atoms with Crippen molar-refractivity contribution in [2.45, 2.75) is 0 Å². The summed E-state index contributed by atoms with van der Waals surface area (Å²) in [5, 5.41) is 7.05. The molecule has 0 aliphatic heterocycles. The fraction of sp³-hybridized carbons (Fsp3) is 0. The Morgan fingerprint density at radius 3 is 1.83 bits per heavy atom. The van der Waals surface area contributed by atoms with Crippen molar-refractivity contribution >= 4 is 54.5 Å². The summed E-state index contributed by atoms with van der Waals surface area (Å²) in [5.74, 6) is 1.82. The first-order valence-electron chi connectivity index (χ1n) is 16.0. The van der Waals surface area contributed by atoms with Crippen LogP contribution in [0.5, 0.6) is 0 Å². The van der Waals surface area contributed by atoms with Crippen molar-refractivity contribution in [3.63, 3.8) is 0 Å². The van der Waals surface area contributed by atoms with Crippen LogP contribution in [0.1, 0.15) is 0 Å². The van der Waals surface area contributed by atoms with Crippen LogP contribution < -0.4 is 0 Å². The van der Waals surface area contributed by atoms with Gasteiger partial charge in [0.2, 0.25) is 0 Å². The molecule has 0 aliphatic carbocycles. The Morgan fingerprint density at radius 2 is 1.00 bits per heavy atom. The van der Waals surface area contributed by atoms with Gasteiger partial charge in [-0.2, -0.15) is 0 Å². The topological polar surface area (TPSA) is 56.7 Å². The monoisotopic (exact) mass is 614 g/mol. The average Bonchev–Trinajstić information content (AvgIpc) is 3.69. The van der Waals surface area contributed by atoms with Crippen molar-refractivity contribution in [1.82, 2.24) is 19.5 Å². The van der Waals surface area contributed by atoms with Crippen molar-refractivity contribution in [2.24, 2.45) is 0 Å². The van der Waals surface area contributed by atoms with E-state index in [2.05, 4.69) is 108 Å². The van der Waals surface area contributed by atoms with Crippen molar-refractivity contribution < 1.29 is 4.42 Å². The van der Waals surface area contributed by atoms with Crippen LogP contribution in [-0.4, -0.2) is 19.5 Å². The summed E-state index contributed by atoms with van der Waals surface area (Å²) in [7, 11) is 0. The molecule has 5 heteroatoms. The number of para-hydroxylation sites is 2. The van der Waals surface area contributed by atoms with Gasteiger partial charge in [0.1, 0.15) is 11.2 Å². The van der Waals surface area contributed by atoms with Gasteiger partial charge in [-0.25, -0.2) is 15.0 Å². The van der Waals surface area contributed by atoms with E-state index < -0.39 is 0 Å². The number of rotatable bonds is 4. The Balaban J connectivity index is 1.17. The average molecular weight is 615 g/mol. The van der Waals surface area contributed by atoms with Gasteiger partial charge in [0.15, 0.2) is 17.5 Å². The smallest absolute Gasteiger partial charge is 0.164 e. The lowest BCUT2D eigenvalue weighted by Gasteiger charge is -2.12. The molecule has 0 saturated heterocycles. The summed E-state index contributed by atoms with van der Waals surface area (Å²) in [6.45, 7) is 0. The van der Waals surface area contributed by atoms with Crippen molar-refractivity contribution in [2.75, 3.05) is 0 Å². The maximum atomic E-state index is 6.22. The van der Waals surface area contributed by atoms with Crippen molar-refractivity contribution in [1.29, 1.82) is 0 Å². The van der Waals surface area contributed by atoms with Crippen LogP contribution in [0.15, 0.2) is 162 Å². The number of hydrogen-bond acceptors (Lipinski definition) is 4. The van der Waals surface area contributed by atoms with Crippen molar-refractivity contribution in [3.8, 4) is 39.9 Å². The zero-order valence-corrected chi connectivity index (χ0v) is 25.7. The van der Waals surface area contributed by atoms with Gasteiger partial charge in [-0.05, 0) is 59.3 Å². The highest BCUT2D eigenvalue weighted by Crippen LogP contribution is 2.36. The highest BCUT2D eigenvalue weighted by atomic mass is 16.3. The molecular formula is C43H26N4O. The van der Waals surface area contributed by atoms with E-state index in [9.17, 15) is 0 Å². The minimum atomic E-state index is 0.593. The van der Waals surface area contributed by atoms with Gasteiger partial charge >= 0.3 is 0 Å². The van der Waals surface area contributed by atoms with Crippen LogP contribution >= 0.6 is 0 Å². The first-order valence-corrected chi connectivity index (χ1v) is 16.0. The van der Waals surface area contributed by atoms with Gasteiger partial charge < -0.3 is 8.98 Å². The molecule has 7 aromatic carbocycles. The van der Waals surface area contributed by atoms with E-state index in [0.717, 1.165) is 55.3 Å². The predicted molar refractivity (Wildman–Crippen MR) is 195 cm³/mol. The summed E-state index contributed by atoms with van der Waals surface area (Å²) in [6, 6.07) is 54.6. The molecule has 10 aromatic rings. The van der Waals surface area contributed by atoms with Gasteiger partial charge in [-0.15, -0.1) is 0 Å². The minimum Gasteiger partial charge on any atom is -0.456 e. The van der Waals surface area contributed by atoms with Gasteiger partial charge in [0.25, 0.3) is 0 Å². The normalized spacial score (nSPS) is 11.8. The molecule has 0 saturated carbocycles. The Labute approximate surface area is 275 Å². The molecule has 0 spiro atoms. The highest BCUT2D eigenvalue weighted by Gasteiger charge is 2.17. The van der Waals surface area contributed by atoms with Crippen LogP contribution in [0, 0.1) is 0 Å². The van der Waals surface area contributed by atoms with Crippen LogP contribution in [0.2, 0.25) is 0 Å². The molecule has 224 valence electrons. The van der Waals surface area contributed by atoms with Crippen LogP contribution in [0.25, 0.3) is 94.4 Å². The molecular weight excluding hydrogens is 589 g/mol. The van der Waals surface area contributed by atoms with Gasteiger partial charge in [-0.1, -0.05) is 109 Å². The molecule has 0 bridgehead atoms. The molecule has 3 heterocycles. The molecule has 10 rings (SSSR count). The maximum Gasteiger partial charge on any atom is 0.164 e. The lowest BCUT2D eigenvalue weighted by atomic mass is 10.1. The van der Waals surface area contributed by atoms with Gasteiger partial charge in [-0.3, -0.25) is 0 Å². The SMILES string of the molecule is c1ccc(-c2nc(-c3cccc(-n4c5ccccc5c5cc6ccccc6cc54)c3)nc(-c3ccc4c(c3)oc3ccccc34)n2)cc1. The highest BCUT2D eigenvalue weighted by molar-refractivity contribution is 6.13. The number of aromatic nitrogens is 4. The van der Waals surface area contributed by atoms with Crippen LogP contribution in [-0.2, 0) is 0 Å². The second kappa shape index (κ2) is 10.5. The van der Waals surface area contributed by atoms with E-state index in [-0.39, 0.29) is 0 Å². The Kier molecular flexibility index (Phi) is 5.81. The minimum absolute atomic E-state index is 0.593. The zero-order valence-electron chi connectivity index (χ0n) is 25.7. The van der Waals surface area contributed by atoms with Gasteiger partial charge in [0, 0.05) is 43.9 Å². The third-order valence-corrected chi connectivity index (χ3v) is 9.21. The number of fused-ring (bicyclic) bond motifs is 7. The summed E-state index contributed by atoms with van der Waals surface area (Å²) < 4.78 is 8.57. The molecule has 5 nitrogen and oxygen atoms in total. The van der Waals surface area contributed by atoms with E-state index in [4.69, 9.17) is 19.4 Å². The summed E-state index contributed by atoms with van der Waals surface area (Å²) in [5.41, 5.74) is 7.72. The lowest BCUT2D eigenvalue weighted by Crippen LogP contribution is -2.01. The second-order valence-corrected chi connectivity index (χ2v) is 12.1. The van der Waals surface area contributed by atoms with E-state index in [0.29, 0.717) is 17.5 Å². The Bertz CT molecular complexity index is 2850. The molecule has 0 aliphatic rings. The second-order valence-electron chi connectivity index (χ2n) is 12.1. The number of hydrogen-bond donors (Lipinski definition) is 0. The summed E-state index contributed by atoms with van der Waals surface area (Å²) >= 11 is 0. The fourth-order valence-corrected chi connectivity index (χ4v) is 6.93. The molecule has 0 amide bonds. The largest absolute Gasteiger partial charge is 0.456 e. The first-order chi connectivity index (χ1) is 23.8. The number of furan rings is 1. The Hall–Kier alpha value is -6.59. The van der Waals surface area contributed by atoms with E-state index in [1.165, 1.54) is 21.5 Å². The molecule has 48 heavy (non-hydrogen) atoms. The Morgan fingerprint density at radius 1 is 0.375 bits per heavy atom. The summed E-state index contributed by atoms with van der Waals surface area (Å²) in [4.78, 5) is 15.1. The standard InChI is InChI=1S/C43H26N4O/c1-2-11-27(12-3-1)41-44-42(46-43(45-41)31-21-22-35-34-18-7-9-20-39(34)48-40(35)26-31)30-15-10-16-32(23-30)47-37-19-8-6-17-33(37)36-24-28-13-4-5-14-29(28)25-38(36)47/h1-26H. The maximum absolute atomic E-state index is 6.22. The zero-order chi connectivity index (χ0) is 31.6.